The Balaban J connectivity index is 0.00000161. The Morgan fingerprint density at radius 3 is 2.33 bits per heavy atom. The smallest absolute Gasteiger partial charge is 0.131 e. The van der Waals surface area contributed by atoms with Gasteiger partial charge in [0.25, 0.3) is 0 Å². The lowest BCUT2D eigenvalue weighted by Crippen LogP contribution is -1.91. The van der Waals surface area contributed by atoms with Gasteiger partial charge < -0.3 is 9.47 Å². The SMILES string of the molecule is COc1cc(OC)c2cc(-c3ccncc3)cnc2c1.Cl. The number of methoxy groups -OCH3 is 2. The molecule has 0 bridgehead atoms. The second-order valence-corrected chi connectivity index (χ2v) is 4.36. The molecule has 108 valence electrons. The Hall–Kier alpha value is -2.33. The summed E-state index contributed by atoms with van der Waals surface area (Å²) in [4.78, 5) is 8.52. The van der Waals surface area contributed by atoms with Gasteiger partial charge in [0.05, 0.1) is 19.7 Å². The van der Waals surface area contributed by atoms with E-state index < -0.39 is 0 Å². The molecule has 0 fully saturated rings. The van der Waals surface area contributed by atoms with Crippen LogP contribution < -0.4 is 9.47 Å². The Morgan fingerprint density at radius 2 is 1.67 bits per heavy atom. The zero-order valence-corrected chi connectivity index (χ0v) is 12.6. The number of ether oxygens (including phenoxy) is 2. The van der Waals surface area contributed by atoms with Crippen LogP contribution in [0.4, 0.5) is 0 Å². The Morgan fingerprint density at radius 1 is 0.905 bits per heavy atom. The Kier molecular flexibility index (Phi) is 4.60. The van der Waals surface area contributed by atoms with Crippen LogP contribution in [0.2, 0.25) is 0 Å². The van der Waals surface area contributed by atoms with E-state index in [0.717, 1.165) is 33.5 Å². The van der Waals surface area contributed by atoms with Crippen molar-refractivity contribution in [2.45, 2.75) is 0 Å². The molecule has 0 atom stereocenters. The van der Waals surface area contributed by atoms with Crippen molar-refractivity contribution in [2.24, 2.45) is 0 Å². The summed E-state index contributed by atoms with van der Waals surface area (Å²) in [5, 5.41) is 0.961. The van der Waals surface area contributed by atoms with Crippen LogP contribution >= 0.6 is 12.4 Å². The van der Waals surface area contributed by atoms with Gasteiger partial charge in [-0.2, -0.15) is 0 Å². The molecule has 1 aromatic carbocycles. The van der Waals surface area contributed by atoms with Gasteiger partial charge in [-0.1, -0.05) is 0 Å². The molecular formula is C16H15ClN2O2. The fraction of sp³-hybridized carbons (Fsp3) is 0.125. The molecule has 2 heterocycles. The van der Waals surface area contributed by atoms with Crippen molar-refractivity contribution in [3.05, 3.63) is 48.9 Å². The lowest BCUT2D eigenvalue weighted by molar-refractivity contribution is 0.398. The van der Waals surface area contributed by atoms with E-state index >= 15 is 0 Å². The van der Waals surface area contributed by atoms with Crippen molar-refractivity contribution in [1.29, 1.82) is 0 Å². The van der Waals surface area contributed by atoms with Gasteiger partial charge in [0.1, 0.15) is 11.5 Å². The highest BCUT2D eigenvalue weighted by Crippen LogP contribution is 2.32. The quantitative estimate of drug-likeness (QED) is 0.739. The van der Waals surface area contributed by atoms with Gasteiger partial charge >= 0.3 is 0 Å². The number of aromatic nitrogens is 2. The van der Waals surface area contributed by atoms with E-state index in [1.165, 1.54) is 0 Å². The van der Waals surface area contributed by atoms with Crippen LogP contribution in [-0.2, 0) is 0 Å². The Bertz CT molecular complexity index is 748. The number of hydrogen-bond donors (Lipinski definition) is 0. The van der Waals surface area contributed by atoms with Crippen molar-refractivity contribution in [3.63, 3.8) is 0 Å². The number of hydrogen-bond acceptors (Lipinski definition) is 4. The molecule has 3 rings (SSSR count). The van der Waals surface area contributed by atoms with Crippen LogP contribution in [0.5, 0.6) is 11.5 Å². The predicted molar refractivity (Wildman–Crippen MR) is 85.3 cm³/mol. The summed E-state index contributed by atoms with van der Waals surface area (Å²) in [6.45, 7) is 0. The summed E-state index contributed by atoms with van der Waals surface area (Å²) >= 11 is 0. The molecule has 0 saturated heterocycles. The van der Waals surface area contributed by atoms with E-state index in [9.17, 15) is 0 Å². The minimum atomic E-state index is 0. The number of nitrogens with zero attached hydrogens (tertiary/aromatic N) is 2. The van der Waals surface area contributed by atoms with E-state index in [-0.39, 0.29) is 12.4 Å². The third-order valence-corrected chi connectivity index (χ3v) is 3.21. The second kappa shape index (κ2) is 6.41. The first-order chi connectivity index (χ1) is 9.81. The zero-order valence-electron chi connectivity index (χ0n) is 11.7. The van der Waals surface area contributed by atoms with Gasteiger partial charge in [0.2, 0.25) is 0 Å². The van der Waals surface area contributed by atoms with Crippen LogP contribution in [0.3, 0.4) is 0 Å². The largest absolute Gasteiger partial charge is 0.497 e. The highest BCUT2D eigenvalue weighted by atomic mass is 35.5. The molecule has 21 heavy (non-hydrogen) atoms. The van der Waals surface area contributed by atoms with Crippen LogP contribution in [0, 0.1) is 0 Å². The summed E-state index contributed by atoms with van der Waals surface area (Å²) in [5.41, 5.74) is 2.95. The predicted octanol–water partition coefficient (Wildman–Crippen LogP) is 3.74. The summed E-state index contributed by atoms with van der Waals surface area (Å²) in [5.74, 6) is 1.49. The van der Waals surface area contributed by atoms with Gasteiger partial charge in [-0.15, -0.1) is 12.4 Å². The monoisotopic (exact) mass is 302 g/mol. The highest BCUT2D eigenvalue weighted by Gasteiger charge is 2.08. The van der Waals surface area contributed by atoms with Gasteiger partial charge in [0.15, 0.2) is 0 Å². The van der Waals surface area contributed by atoms with Crippen molar-refractivity contribution < 1.29 is 9.47 Å². The van der Waals surface area contributed by atoms with Crippen LogP contribution in [0.25, 0.3) is 22.0 Å². The number of rotatable bonds is 3. The third-order valence-electron chi connectivity index (χ3n) is 3.21. The fourth-order valence-electron chi connectivity index (χ4n) is 2.16. The molecule has 0 amide bonds. The molecule has 0 radical (unpaired) electrons. The molecular weight excluding hydrogens is 288 g/mol. The highest BCUT2D eigenvalue weighted by molar-refractivity contribution is 5.90. The van der Waals surface area contributed by atoms with E-state index in [4.69, 9.17) is 9.47 Å². The van der Waals surface area contributed by atoms with E-state index in [0.29, 0.717) is 0 Å². The minimum absolute atomic E-state index is 0. The maximum atomic E-state index is 5.43. The minimum Gasteiger partial charge on any atom is -0.497 e. The third kappa shape index (κ3) is 2.90. The molecule has 0 spiro atoms. The van der Waals surface area contributed by atoms with Gasteiger partial charge in [-0.05, 0) is 23.8 Å². The van der Waals surface area contributed by atoms with Crippen LogP contribution in [-0.4, -0.2) is 24.2 Å². The van der Waals surface area contributed by atoms with Crippen molar-refractivity contribution in [3.8, 4) is 22.6 Å². The number of benzene rings is 1. The van der Waals surface area contributed by atoms with E-state index in [1.807, 2.05) is 30.5 Å². The van der Waals surface area contributed by atoms with Gasteiger partial charge in [0, 0.05) is 41.7 Å². The maximum Gasteiger partial charge on any atom is 0.131 e. The number of halogens is 1. The average Bonchev–Trinajstić information content (AvgIpc) is 2.54. The fourth-order valence-corrected chi connectivity index (χ4v) is 2.16. The van der Waals surface area contributed by atoms with Crippen molar-refractivity contribution >= 4 is 23.3 Å². The van der Waals surface area contributed by atoms with Crippen LogP contribution in [0.15, 0.2) is 48.9 Å². The normalized spacial score (nSPS) is 10.0. The maximum absolute atomic E-state index is 5.43. The number of fused-ring (bicyclic) bond motifs is 1. The number of pyridine rings is 2. The lowest BCUT2D eigenvalue weighted by atomic mass is 10.1. The first kappa shape index (κ1) is 15.1. The molecule has 0 N–H and O–H groups in total. The average molecular weight is 303 g/mol. The molecule has 5 heteroatoms. The molecule has 2 aromatic heterocycles. The first-order valence-corrected chi connectivity index (χ1v) is 6.24. The van der Waals surface area contributed by atoms with E-state index in [2.05, 4.69) is 16.0 Å². The molecule has 0 saturated carbocycles. The topological polar surface area (TPSA) is 44.2 Å². The summed E-state index contributed by atoms with van der Waals surface area (Å²) in [7, 11) is 3.28. The van der Waals surface area contributed by atoms with Gasteiger partial charge in [-0.25, -0.2) is 0 Å². The van der Waals surface area contributed by atoms with E-state index in [1.54, 1.807) is 26.6 Å². The standard InChI is InChI=1S/C16H14N2O2.ClH/c1-19-13-8-15-14(16(9-13)20-2)7-12(10-18-15)11-3-5-17-6-4-11;/h3-10H,1-2H3;1H. The lowest BCUT2D eigenvalue weighted by Gasteiger charge is -2.09. The summed E-state index contributed by atoms with van der Waals surface area (Å²) < 4.78 is 10.7. The molecule has 4 nitrogen and oxygen atoms in total. The van der Waals surface area contributed by atoms with Crippen molar-refractivity contribution in [1.82, 2.24) is 9.97 Å². The van der Waals surface area contributed by atoms with Gasteiger partial charge in [-0.3, -0.25) is 9.97 Å². The molecule has 0 aliphatic heterocycles. The molecule has 3 aromatic rings. The second-order valence-electron chi connectivity index (χ2n) is 4.36. The Labute approximate surface area is 129 Å². The summed E-state index contributed by atoms with van der Waals surface area (Å²) in [6.07, 6.45) is 5.38. The van der Waals surface area contributed by atoms with Crippen molar-refractivity contribution in [2.75, 3.05) is 14.2 Å². The zero-order chi connectivity index (χ0) is 13.9. The first-order valence-electron chi connectivity index (χ1n) is 6.24. The van der Waals surface area contributed by atoms with Crippen LogP contribution in [0.1, 0.15) is 0 Å². The summed E-state index contributed by atoms with van der Waals surface area (Å²) in [6, 6.07) is 9.74. The molecule has 0 unspecified atom stereocenters. The molecule has 0 aliphatic rings. The molecule has 0 aliphatic carbocycles.